The highest BCUT2D eigenvalue weighted by atomic mass is 35.7. The molecule has 0 aliphatic heterocycles. The number of allylic oxidation sites excluding steroid dienone is 1. The van der Waals surface area contributed by atoms with E-state index >= 15 is 0 Å². The maximum absolute atomic E-state index is 8.49. The molecule has 0 radical (unpaired) electrons. The van der Waals surface area contributed by atoms with E-state index < -0.39 is 20.5 Å². The number of aromatic nitrogens is 2. The molecule has 0 aromatic carbocycles. The van der Waals surface area contributed by atoms with Crippen LogP contribution in [0.25, 0.3) is 5.70 Å². The maximum Gasteiger partial charge on any atom is 0.245 e. The molecule has 0 fully saturated rings. The van der Waals surface area contributed by atoms with Crippen molar-refractivity contribution in [2.75, 3.05) is 38.0 Å². The molecule has 0 aliphatic rings. The van der Waals surface area contributed by atoms with Gasteiger partial charge in [-0.3, -0.25) is 0 Å². The zero-order chi connectivity index (χ0) is 24.4. The van der Waals surface area contributed by atoms with Crippen molar-refractivity contribution in [3.05, 3.63) is 55.6 Å². The fourth-order valence-electron chi connectivity index (χ4n) is 2.07. The number of halogens is 2. The van der Waals surface area contributed by atoms with Crippen molar-refractivity contribution in [1.82, 2.24) is 0 Å². The Hall–Kier alpha value is -2.10. The molecule has 14 heteroatoms. The third-order valence-corrected chi connectivity index (χ3v) is 3.45. The smallest absolute Gasteiger partial charge is 0.245 e. The van der Waals surface area contributed by atoms with E-state index in [1.165, 1.54) is 11.4 Å². The number of rotatable bonds is 5. The quantitative estimate of drug-likeness (QED) is 0.368. The monoisotopic (exact) mass is 482 g/mol. The standard InChI is InChI=1S/C17H24N4.2ClHO4/c1-15(21-12-8-17(9-13-21)19(4)5)14-20-10-6-16(7-11-20)18(2)3;2*2-1(3,4)5/h6-13H,1,14H2,2-5H3;2*(H,2,3,4,5)/q+2;;/p-2. The number of hydrogen-bond acceptors (Lipinski definition) is 10. The molecule has 0 aliphatic carbocycles. The molecule has 2 rings (SSSR count). The zero-order valence-electron chi connectivity index (χ0n) is 17.3. The van der Waals surface area contributed by atoms with E-state index in [2.05, 4.69) is 62.2 Å². The molecule has 2 heterocycles. The molecule has 31 heavy (non-hydrogen) atoms. The van der Waals surface area contributed by atoms with E-state index in [9.17, 15) is 0 Å². The van der Waals surface area contributed by atoms with E-state index in [0.29, 0.717) is 0 Å². The first kappa shape index (κ1) is 28.9. The van der Waals surface area contributed by atoms with Crippen LogP contribution in [0.2, 0.25) is 0 Å². The molecule has 0 bridgehead atoms. The average Bonchev–Trinajstić information content (AvgIpc) is 2.59. The highest BCUT2D eigenvalue weighted by Crippen LogP contribution is 2.08. The summed E-state index contributed by atoms with van der Waals surface area (Å²) in [4.78, 5) is 4.18. The molecule has 0 saturated heterocycles. The van der Waals surface area contributed by atoms with Crippen molar-refractivity contribution in [3.63, 3.8) is 0 Å². The SMILES string of the molecule is C=C(C[n+]1ccc(N(C)C)cc1)[n+]1ccc(N(C)C)cc1.[O-][Cl+3]([O-])([O-])[O-].[O-][Cl+3]([O-])([O-])[O-]. The van der Waals surface area contributed by atoms with Crippen LogP contribution in [-0.2, 0) is 6.54 Å². The van der Waals surface area contributed by atoms with Gasteiger partial charge in [0.15, 0.2) is 24.8 Å². The lowest BCUT2D eigenvalue weighted by Crippen LogP contribution is -2.68. The summed E-state index contributed by atoms with van der Waals surface area (Å²) in [5.74, 6) is 0. The van der Waals surface area contributed by atoms with Gasteiger partial charge in [-0.2, -0.15) is 9.13 Å². The zero-order valence-corrected chi connectivity index (χ0v) is 18.9. The fourth-order valence-corrected chi connectivity index (χ4v) is 2.07. The lowest BCUT2D eigenvalue weighted by molar-refractivity contribution is -2.00. The van der Waals surface area contributed by atoms with E-state index in [0.717, 1.165) is 12.2 Å². The molecular weight excluding hydrogens is 459 g/mol. The van der Waals surface area contributed by atoms with Gasteiger partial charge in [0, 0.05) is 63.8 Å². The van der Waals surface area contributed by atoms with Crippen LogP contribution in [0.1, 0.15) is 0 Å². The second kappa shape index (κ2) is 12.7. The topological polar surface area (TPSA) is 199 Å². The predicted molar refractivity (Wildman–Crippen MR) is 87.3 cm³/mol. The van der Waals surface area contributed by atoms with Crippen molar-refractivity contribution in [1.29, 1.82) is 0 Å². The Morgan fingerprint density at radius 3 is 1.29 bits per heavy atom. The predicted octanol–water partition coefficient (Wildman–Crippen LogP) is -7.95. The minimum absolute atomic E-state index is 0.764. The molecular formula is C17H24Cl2N4O8. The molecule has 2 aromatic rings. The van der Waals surface area contributed by atoms with Crippen molar-refractivity contribution in [3.8, 4) is 0 Å². The summed E-state index contributed by atoms with van der Waals surface area (Å²) in [6.07, 6.45) is 8.25. The Morgan fingerprint density at radius 2 is 1.00 bits per heavy atom. The van der Waals surface area contributed by atoms with Crippen LogP contribution >= 0.6 is 0 Å². The van der Waals surface area contributed by atoms with E-state index in [1.807, 2.05) is 40.6 Å². The lowest BCUT2D eigenvalue weighted by atomic mass is 10.3. The minimum atomic E-state index is -4.94. The second-order valence-corrected chi connectivity index (χ2v) is 7.82. The van der Waals surface area contributed by atoms with Gasteiger partial charge >= 0.3 is 0 Å². The summed E-state index contributed by atoms with van der Waals surface area (Å²) in [6, 6.07) is 8.39. The van der Waals surface area contributed by atoms with Gasteiger partial charge in [0.2, 0.25) is 12.2 Å². The first-order valence-corrected chi connectivity index (χ1v) is 10.7. The molecule has 0 N–H and O–H groups in total. The van der Waals surface area contributed by atoms with E-state index in [1.54, 1.807) is 0 Å². The highest BCUT2D eigenvalue weighted by molar-refractivity contribution is 5.42. The van der Waals surface area contributed by atoms with Crippen molar-refractivity contribution in [2.45, 2.75) is 6.54 Å². The Balaban J connectivity index is 0.000000752. The Kier molecular flexibility index (Phi) is 11.8. The first-order chi connectivity index (χ1) is 14.0. The molecule has 0 amide bonds. The number of pyridine rings is 2. The fraction of sp³-hybridized carbons (Fsp3) is 0.294. The van der Waals surface area contributed by atoms with E-state index in [-0.39, 0.29) is 0 Å². The van der Waals surface area contributed by atoms with Gasteiger partial charge in [-0.15, -0.1) is 20.5 Å². The van der Waals surface area contributed by atoms with Gasteiger partial charge in [0.1, 0.15) is 0 Å². The molecule has 174 valence electrons. The lowest BCUT2D eigenvalue weighted by Gasteiger charge is -2.17. The van der Waals surface area contributed by atoms with Crippen molar-refractivity contribution in [2.24, 2.45) is 0 Å². The van der Waals surface area contributed by atoms with Gasteiger partial charge < -0.3 is 9.80 Å². The molecule has 0 atom stereocenters. The van der Waals surface area contributed by atoms with Crippen LogP contribution < -0.4 is 56.2 Å². The Labute approximate surface area is 184 Å². The minimum Gasteiger partial charge on any atom is -0.377 e. The molecule has 12 nitrogen and oxygen atoms in total. The third-order valence-electron chi connectivity index (χ3n) is 3.45. The summed E-state index contributed by atoms with van der Waals surface area (Å²) in [6.45, 7) is 4.93. The van der Waals surface area contributed by atoms with Gasteiger partial charge in [0.05, 0.1) is 0 Å². The van der Waals surface area contributed by atoms with Gasteiger partial charge in [-0.25, -0.2) is 37.3 Å². The van der Waals surface area contributed by atoms with Crippen LogP contribution in [0.3, 0.4) is 0 Å². The summed E-state index contributed by atoms with van der Waals surface area (Å²) in [5, 5.41) is 0. The van der Waals surface area contributed by atoms with Crippen molar-refractivity contribution < 1.29 is 66.9 Å². The Morgan fingerprint density at radius 1 is 0.710 bits per heavy atom. The summed E-state index contributed by atoms with van der Waals surface area (Å²) < 4.78 is 72.1. The van der Waals surface area contributed by atoms with E-state index in [4.69, 9.17) is 37.3 Å². The summed E-state index contributed by atoms with van der Waals surface area (Å²) in [7, 11) is -1.73. The average molecular weight is 483 g/mol. The van der Waals surface area contributed by atoms with Crippen LogP contribution in [0.15, 0.2) is 55.6 Å². The Bertz CT molecular complexity index is 768. The van der Waals surface area contributed by atoms with Crippen LogP contribution in [-0.4, -0.2) is 28.2 Å². The molecule has 0 unspecified atom stereocenters. The largest absolute Gasteiger partial charge is 0.377 e. The van der Waals surface area contributed by atoms with Gasteiger partial charge in [0.25, 0.3) is 0 Å². The summed E-state index contributed by atoms with van der Waals surface area (Å²) in [5.41, 5.74) is 3.41. The number of hydrogen-bond donors (Lipinski definition) is 0. The summed E-state index contributed by atoms with van der Waals surface area (Å²) >= 11 is 0. The van der Waals surface area contributed by atoms with Gasteiger partial charge in [-0.05, 0) is 6.58 Å². The van der Waals surface area contributed by atoms with Crippen molar-refractivity contribution >= 4 is 17.1 Å². The molecule has 0 spiro atoms. The maximum atomic E-state index is 8.49. The van der Waals surface area contributed by atoms with Crippen LogP contribution in [0, 0.1) is 20.5 Å². The van der Waals surface area contributed by atoms with Gasteiger partial charge in [-0.1, -0.05) is 0 Å². The highest BCUT2D eigenvalue weighted by Gasteiger charge is 2.13. The number of anilines is 2. The second-order valence-electron chi connectivity index (χ2n) is 6.30. The normalized spacial score (nSPS) is 10.8. The van der Waals surface area contributed by atoms with Crippen LogP contribution in [0.5, 0.6) is 0 Å². The first-order valence-electron chi connectivity index (χ1n) is 8.24. The third kappa shape index (κ3) is 16.3. The molecule has 0 saturated carbocycles. The number of nitrogens with zero attached hydrogens (tertiary/aromatic N) is 4. The van der Waals surface area contributed by atoms with Crippen LogP contribution in [0.4, 0.5) is 11.4 Å². The molecule has 2 aromatic heterocycles.